The maximum atomic E-state index is 12.0. The van der Waals surface area contributed by atoms with Crippen molar-refractivity contribution in [3.63, 3.8) is 0 Å². The van der Waals surface area contributed by atoms with Gasteiger partial charge in [-0.3, -0.25) is 0 Å². The number of nitriles is 1. The van der Waals surface area contributed by atoms with Gasteiger partial charge in [0.25, 0.3) is 0 Å². The van der Waals surface area contributed by atoms with Gasteiger partial charge in [0, 0.05) is 11.8 Å². The van der Waals surface area contributed by atoms with E-state index in [2.05, 4.69) is 26.5 Å². The third-order valence-corrected chi connectivity index (χ3v) is 6.61. The van der Waals surface area contributed by atoms with Gasteiger partial charge in [0.15, 0.2) is 0 Å². The van der Waals surface area contributed by atoms with Crippen LogP contribution in [0, 0.1) is 39.4 Å². The molecule has 5 unspecified atom stereocenters. The number of hydrogen-bond acceptors (Lipinski definition) is 3. The zero-order valence-corrected chi connectivity index (χ0v) is 14.4. The van der Waals surface area contributed by atoms with Crippen molar-refractivity contribution in [3.05, 3.63) is 12.7 Å². The Kier molecular flexibility index (Phi) is 4.07. The molecule has 3 nitrogen and oxygen atoms in total. The maximum Gasteiger partial charge on any atom is 0.126 e. The molecule has 2 aliphatic rings. The summed E-state index contributed by atoms with van der Waals surface area (Å²) in [5, 5.41) is 19.7. The Labute approximate surface area is 134 Å². The quantitative estimate of drug-likeness (QED) is 0.619. The molecule has 0 aromatic carbocycles. The van der Waals surface area contributed by atoms with Crippen LogP contribution in [0.4, 0.5) is 0 Å². The van der Waals surface area contributed by atoms with Crippen molar-refractivity contribution < 1.29 is 9.90 Å². The van der Waals surface area contributed by atoms with Crippen molar-refractivity contribution >= 4 is 6.29 Å². The fourth-order valence-corrected chi connectivity index (χ4v) is 6.07. The van der Waals surface area contributed by atoms with Gasteiger partial charge in [-0.1, -0.05) is 26.8 Å². The lowest BCUT2D eigenvalue weighted by Gasteiger charge is -2.47. The molecule has 3 heteroatoms. The summed E-state index contributed by atoms with van der Waals surface area (Å²) in [6.07, 6.45) is 6.40. The number of allylic oxidation sites excluding steroid dienone is 1. The summed E-state index contributed by atoms with van der Waals surface area (Å²) >= 11 is 0. The van der Waals surface area contributed by atoms with Crippen LogP contribution in [0.15, 0.2) is 12.7 Å². The Balaban J connectivity index is 2.53. The van der Waals surface area contributed by atoms with Crippen LogP contribution >= 0.6 is 0 Å². The third kappa shape index (κ3) is 2.42. The van der Waals surface area contributed by atoms with Crippen LogP contribution < -0.4 is 0 Å². The zero-order valence-electron chi connectivity index (χ0n) is 14.4. The van der Waals surface area contributed by atoms with Gasteiger partial charge in [-0.15, -0.1) is 6.58 Å². The summed E-state index contributed by atoms with van der Waals surface area (Å²) in [4.78, 5) is 12.0. The molecular weight excluding hydrogens is 274 g/mol. The highest BCUT2D eigenvalue weighted by atomic mass is 16.3. The minimum atomic E-state index is -0.719. The fourth-order valence-electron chi connectivity index (χ4n) is 6.07. The average Bonchev–Trinajstić information content (AvgIpc) is 2.59. The Morgan fingerprint density at radius 3 is 2.55 bits per heavy atom. The van der Waals surface area contributed by atoms with Crippen molar-refractivity contribution in [1.82, 2.24) is 0 Å². The number of fused-ring (bicyclic) bond motifs is 2. The molecule has 0 heterocycles. The number of carbonyl (C=O) groups excluding carboxylic acids is 1. The number of nitrogens with zero attached hydrogens (tertiary/aromatic N) is 1. The van der Waals surface area contributed by atoms with E-state index in [4.69, 9.17) is 5.26 Å². The molecule has 0 amide bonds. The van der Waals surface area contributed by atoms with E-state index in [0.29, 0.717) is 25.2 Å². The Morgan fingerprint density at radius 1 is 1.41 bits per heavy atom. The second-order valence-corrected chi connectivity index (χ2v) is 8.67. The van der Waals surface area contributed by atoms with E-state index < -0.39 is 11.0 Å². The minimum absolute atomic E-state index is 0.0114. The second-order valence-electron chi connectivity index (χ2n) is 8.67. The van der Waals surface area contributed by atoms with Crippen LogP contribution in [0.3, 0.4) is 0 Å². The molecule has 0 aromatic heterocycles. The van der Waals surface area contributed by atoms with E-state index in [1.807, 2.05) is 19.9 Å². The number of rotatable bonds is 5. The fraction of sp³-hybridized carbons (Fsp3) is 0.789. The molecule has 2 aliphatic carbocycles. The second kappa shape index (κ2) is 5.20. The van der Waals surface area contributed by atoms with Crippen LogP contribution in [0.2, 0.25) is 0 Å². The van der Waals surface area contributed by atoms with Gasteiger partial charge in [0.05, 0.1) is 11.7 Å². The number of aldehydes is 1. The molecule has 22 heavy (non-hydrogen) atoms. The number of aliphatic hydroxyl groups is 1. The van der Waals surface area contributed by atoms with Crippen LogP contribution in [0.5, 0.6) is 0 Å². The highest BCUT2D eigenvalue weighted by molar-refractivity contribution is 5.60. The summed E-state index contributed by atoms with van der Waals surface area (Å²) < 4.78 is 0. The summed E-state index contributed by atoms with van der Waals surface area (Å²) in [6, 6.07) is 2.18. The molecule has 2 fully saturated rings. The van der Waals surface area contributed by atoms with E-state index in [1.54, 1.807) is 0 Å². The molecule has 1 N–H and O–H groups in total. The number of hydrogen-bond donors (Lipinski definition) is 1. The normalized spacial score (nSPS) is 46.5. The van der Waals surface area contributed by atoms with Crippen LogP contribution in [-0.2, 0) is 4.79 Å². The first-order valence-corrected chi connectivity index (χ1v) is 8.27. The van der Waals surface area contributed by atoms with Gasteiger partial charge in [-0.25, -0.2) is 0 Å². The molecule has 0 radical (unpaired) electrons. The average molecular weight is 303 g/mol. The smallest absolute Gasteiger partial charge is 0.126 e. The first-order valence-electron chi connectivity index (χ1n) is 8.27. The molecule has 2 bridgehead atoms. The van der Waals surface area contributed by atoms with Gasteiger partial charge < -0.3 is 9.90 Å². The van der Waals surface area contributed by atoms with E-state index in [1.165, 1.54) is 0 Å². The highest BCUT2D eigenvalue weighted by Crippen LogP contribution is 2.70. The lowest BCUT2D eigenvalue weighted by molar-refractivity contribution is -0.122. The van der Waals surface area contributed by atoms with E-state index in [-0.39, 0.29) is 16.7 Å². The van der Waals surface area contributed by atoms with Crippen LogP contribution in [0.25, 0.3) is 0 Å². The summed E-state index contributed by atoms with van der Waals surface area (Å²) in [5.74, 6) is 0.440. The van der Waals surface area contributed by atoms with Gasteiger partial charge in [-0.2, -0.15) is 5.26 Å². The van der Waals surface area contributed by atoms with Crippen molar-refractivity contribution in [2.24, 2.45) is 28.1 Å². The van der Waals surface area contributed by atoms with Crippen molar-refractivity contribution in [2.45, 2.75) is 65.4 Å². The molecule has 122 valence electrons. The van der Waals surface area contributed by atoms with Gasteiger partial charge >= 0.3 is 0 Å². The first-order chi connectivity index (χ1) is 10.1. The largest absolute Gasteiger partial charge is 0.390 e. The molecule has 0 saturated heterocycles. The molecule has 6 atom stereocenters. The minimum Gasteiger partial charge on any atom is -0.390 e. The van der Waals surface area contributed by atoms with Gasteiger partial charge in [0.1, 0.15) is 6.29 Å². The molecule has 0 aliphatic heterocycles. The van der Waals surface area contributed by atoms with E-state index in [0.717, 1.165) is 19.1 Å². The molecule has 2 saturated carbocycles. The predicted octanol–water partition coefficient (Wildman–Crippen LogP) is 3.87. The topological polar surface area (TPSA) is 61.1 Å². The molecule has 2 rings (SSSR count). The predicted molar refractivity (Wildman–Crippen MR) is 86.9 cm³/mol. The Hall–Kier alpha value is -1.14. The van der Waals surface area contributed by atoms with Crippen molar-refractivity contribution in [3.8, 4) is 6.07 Å². The lowest BCUT2D eigenvalue weighted by Crippen LogP contribution is -2.45. The Bertz CT molecular complexity index is 516. The molecule has 0 spiro atoms. The maximum absolute atomic E-state index is 12.0. The third-order valence-electron chi connectivity index (χ3n) is 6.61. The summed E-state index contributed by atoms with van der Waals surface area (Å²) in [5.41, 5.74) is -1.47. The number of carbonyl (C=O) groups is 1. The van der Waals surface area contributed by atoms with Crippen LogP contribution in [0.1, 0.15) is 59.8 Å². The van der Waals surface area contributed by atoms with Gasteiger partial charge in [-0.05, 0) is 55.3 Å². The highest BCUT2D eigenvalue weighted by Gasteiger charge is 2.66. The lowest BCUT2D eigenvalue weighted by atomic mass is 9.58. The van der Waals surface area contributed by atoms with Crippen molar-refractivity contribution in [2.75, 3.05) is 0 Å². The molecule has 0 aromatic rings. The van der Waals surface area contributed by atoms with E-state index >= 15 is 0 Å². The summed E-state index contributed by atoms with van der Waals surface area (Å²) in [7, 11) is 0. The SMILES string of the molecule is C=CC12CC(C)(O)CC(C)(C1)C(C)C2[C@@](C)(C=O)CCC#N. The Morgan fingerprint density at radius 2 is 2.05 bits per heavy atom. The molecular formula is C19H29NO2. The van der Waals surface area contributed by atoms with Crippen molar-refractivity contribution in [1.29, 1.82) is 5.26 Å². The standard InChI is InChI=1S/C19H29NO2/c1-6-19-11-17(4,10-18(5,22)12-19)14(2)15(19)16(3,13-21)8-7-9-20/h6,13-15,22H,1,7-8,10-12H2,2-5H3/t14?,15?,16-,17?,18?,19?/m1/s1. The first kappa shape index (κ1) is 17.2. The summed E-state index contributed by atoms with van der Waals surface area (Å²) in [6.45, 7) is 12.4. The zero-order chi connectivity index (χ0) is 16.8. The van der Waals surface area contributed by atoms with E-state index in [9.17, 15) is 9.90 Å². The van der Waals surface area contributed by atoms with Crippen LogP contribution in [-0.4, -0.2) is 17.0 Å². The van der Waals surface area contributed by atoms with Gasteiger partial charge in [0.2, 0.25) is 0 Å². The monoisotopic (exact) mass is 303 g/mol.